The number of hydrogen-bond donors (Lipinski definition) is 0. The first-order valence-electron chi connectivity index (χ1n) is 9.24. The van der Waals surface area contributed by atoms with Crippen LogP contribution in [-0.2, 0) is 0 Å². The van der Waals surface area contributed by atoms with E-state index in [4.69, 9.17) is 4.42 Å². The van der Waals surface area contributed by atoms with E-state index in [1.165, 1.54) is 12.1 Å². The summed E-state index contributed by atoms with van der Waals surface area (Å²) in [6, 6.07) is 12.3. The summed E-state index contributed by atoms with van der Waals surface area (Å²) in [6.45, 7) is 1.28. The Morgan fingerprint density at radius 1 is 1.07 bits per heavy atom. The standard InChI is InChI=1S/C22H21FN2O3/c1-24(2)12-5-13-25-19(14-8-10-15(23)11-9-14)18-20(26)16-6-3-4-7-17(16)28-21(18)22(25)27/h3-4,6-11,19H,5,12-13H2,1-2H3. The maximum atomic E-state index is 13.5. The van der Waals surface area contributed by atoms with Crippen LogP contribution in [0.3, 0.4) is 0 Å². The molecule has 6 heteroatoms. The van der Waals surface area contributed by atoms with E-state index >= 15 is 0 Å². The first-order valence-corrected chi connectivity index (χ1v) is 9.24. The van der Waals surface area contributed by atoms with Gasteiger partial charge in [0, 0.05) is 6.54 Å². The summed E-state index contributed by atoms with van der Waals surface area (Å²) < 4.78 is 19.3. The van der Waals surface area contributed by atoms with Gasteiger partial charge in [0.25, 0.3) is 5.91 Å². The maximum absolute atomic E-state index is 13.5. The van der Waals surface area contributed by atoms with E-state index in [-0.39, 0.29) is 22.9 Å². The zero-order valence-corrected chi connectivity index (χ0v) is 15.8. The Kier molecular flexibility index (Phi) is 4.73. The lowest BCUT2D eigenvalue weighted by Gasteiger charge is -2.25. The molecule has 1 amide bonds. The molecule has 0 saturated heterocycles. The Morgan fingerprint density at radius 3 is 2.50 bits per heavy atom. The Hall–Kier alpha value is -2.99. The third kappa shape index (κ3) is 3.10. The molecular weight excluding hydrogens is 359 g/mol. The zero-order chi connectivity index (χ0) is 19.8. The lowest BCUT2D eigenvalue weighted by Crippen LogP contribution is -2.32. The zero-order valence-electron chi connectivity index (χ0n) is 15.8. The number of halogens is 1. The lowest BCUT2D eigenvalue weighted by atomic mass is 9.98. The molecule has 2 aromatic carbocycles. The predicted octanol–water partition coefficient (Wildman–Crippen LogP) is 3.43. The van der Waals surface area contributed by atoms with Crippen molar-refractivity contribution < 1.29 is 13.6 Å². The number of amides is 1. The second-order valence-electron chi connectivity index (χ2n) is 7.28. The van der Waals surface area contributed by atoms with Crippen LogP contribution < -0.4 is 5.43 Å². The molecule has 0 fully saturated rings. The molecule has 144 valence electrons. The van der Waals surface area contributed by atoms with Crippen molar-refractivity contribution in [2.45, 2.75) is 12.5 Å². The Labute approximate surface area is 162 Å². The van der Waals surface area contributed by atoms with Gasteiger partial charge in [-0.15, -0.1) is 0 Å². The second kappa shape index (κ2) is 7.20. The highest BCUT2D eigenvalue weighted by molar-refractivity contribution is 5.99. The topological polar surface area (TPSA) is 53.8 Å². The molecule has 0 saturated carbocycles. The van der Waals surface area contributed by atoms with Gasteiger partial charge >= 0.3 is 0 Å². The number of hydrogen-bond acceptors (Lipinski definition) is 4. The monoisotopic (exact) mass is 380 g/mol. The van der Waals surface area contributed by atoms with Gasteiger partial charge in [0.15, 0.2) is 5.43 Å². The molecule has 0 radical (unpaired) electrons. The molecule has 3 aromatic rings. The number of carbonyl (C=O) groups is 1. The van der Waals surface area contributed by atoms with Gasteiger partial charge in [-0.1, -0.05) is 24.3 Å². The number of rotatable bonds is 5. The van der Waals surface area contributed by atoms with Crippen LogP contribution in [0.4, 0.5) is 4.39 Å². The van der Waals surface area contributed by atoms with Gasteiger partial charge in [-0.2, -0.15) is 0 Å². The summed E-state index contributed by atoms with van der Waals surface area (Å²) in [5.41, 5.74) is 1.21. The largest absolute Gasteiger partial charge is 0.450 e. The highest BCUT2D eigenvalue weighted by Crippen LogP contribution is 2.38. The molecule has 1 aliphatic heterocycles. The minimum absolute atomic E-state index is 0.0860. The Bertz CT molecular complexity index is 1090. The minimum Gasteiger partial charge on any atom is -0.450 e. The first kappa shape index (κ1) is 18.4. The van der Waals surface area contributed by atoms with Crippen LogP contribution >= 0.6 is 0 Å². The van der Waals surface area contributed by atoms with Gasteiger partial charge in [-0.05, 0) is 56.9 Å². The normalized spacial score (nSPS) is 16.2. The minimum atomic E-state index is -0.578. The van der Waals surface area contributed by atoms with Gasteiger partial charge in [0.2, 0.25) is 5.76 Å². The van der Waals surface area contributed by atoms with E-state index in [1.54, 1.807) is 41.3 Å². The van der Waals surface area contributed by atoms with E-state index in [1.807, 2.05) is 19.0 Å². The van der Waals surface area contributed by atoms with Crippen LogP contribution in [0, 0.1) is 5.82 Å². The molecule has 0 spiro atoms. The van der Waals surface area contributed by atoms with Crippen molar-refractivity contribution in [1.29, 1.82) is 0 Å². The summed E-state index contributed by atoms with van der Waals surface area (Å²) in [5.74, 6) is -0.577. The third-order valence-electron chi connectivity index (χ3n) is 5.06. The predicted molar refractivity (Wildman–Crippen MR) is 105 cm³/mol. The van der Waals surface area contributed by atoms with E-state index in [0.717, 1.165) is 13.0 Å². The summed E-state index contributed by atoms with van der Waals surface area (Å²) >= 11 is 0. The molecule has 4 rings (SSSR count). The van der Waals surface area contributed by atoms with E-state index in [2.05, 4.69) is 0 Å². The summed E-state index contributed by atoms with van der Waals surface area (Å²) in [4.78, 5) is 30.0. The van der Waals surface area contributed by atoms with Crippen molar-refractivity contribution in [3.63, 3.8) is 0 Å². The fraction of sp³-hybridized carbons (Fsp3) is 0.273. The second-order valence-corrected chi connectivity index (χ2v) is 7.28. The van der Waals surface area contributed by atoms with Crippen LogP contribution in [0.1, 0.15) is 34.1 Å². The van der Waals surface area contributed by atoms with Crippen LogP contribution in [0.5, 0.6) is 0 Å². The van der Waals surface area contributed by atoms with Gasteiger partial charge in [-0.25, -0.2) is 4.39 Å². The quantitative estimate of drug-likeness (QED) is 0.681. The summed E-state index contributed by atoms with van der Waals surface area (Å²) in [5, 5.41) is 0.441. The molecule has 5 nitrogen and oxygen atoms in total. The van der Waals surface area contributed by atoms with Crippen molar-refractivity contribution in [3.8, 4) is 0 Å². The van der Waals surface area contributed by atoms with Gasteiger partial charge < -0.3 is 14.2 Å². The smallest absolute Gasteiger partial charge is 0.290 e. The molecule has 2 heterocycles. The molecule has 1 aromatic heterocycles. The Morgan fingerprint density at radius 2 is 1.79 bits per heavy atom. The van der Waals surface area contributed by atoms with E-state index in [9.17, 15) is 14.0 Å². The fourth-order valence-electron chi connectivity index (χ4n) is 3.75. The third-order valence-corrected chi connectivity index (χ3v) is 5.06. The average molecular weight is 380 g/mol. The molecule has 0 N–H and O–H groups in total. The van der Waals surface area contributed by atoms with Crippen LogP contribution in [0.2, 0.25) is 0 Å². The number of para-hydroxylation sites is 1. The van der Waals surface area contributed by atoms with Crippen molar-refractivity contribution in [2.75, 3.05) is 27.2 Å². The number of fused-ring (bicyclic) bond motifs is 2. The van der Waals surface area contributed by atoms with Crippen molar-refractivity contribution in [2.24, 2.45) is 0 Å². The number of benzene rings is 2. The number of carbonyl (C=O) groups excluding carboxylic acids is 1. The fourth-order valence-corrected chi connectivity index (χ4v) is 3.75. The van der Waals surface area contributed by atoms with Gasteiger partial charge in [0.1, 0.15) is 11.4 Å². The summed E-state index contributed by atoms with van der Waals surface area (Å²) in [6.07, 6.45) is 0.748. The van der Waals surface area contributed by atoms with E-state index in [0.29, 0.717) is 28.6 Å². The number of nitrogens with zero attached hydrogens (tertiary/aromatic N) is 2. The van der Waals surface area contributed by atoms with Crippen LogP contribution in [0.15, 0.2) is 57.7 Å². The Balaban J connectivity index is 1.86. The average Bonchev–Trinajstić information content (AvgIpc) is 2.95. The lowest BCUT2D eigenvalue weighted by molar-refractivity contribution is 0.0722. The van der Waals surface area contributed by atoms with Gasteiger partial charge in [0.05, 0.1) is 17.0 Å². The highest BCUT2D eigenvalue weighted by Gasteiger charge is 2.42. The van der Waals surface area contributed by atoms with Crippen molar-refractivity contribution in [3.05, 3.63) is 81.5 Å². The molecule has 0 aliphatic carbocycles. The van der Waals surface area contributed by atoms with Crippen LogP contribution in [-0.4, -0.2) is 42.9 Å². The molecule has 1 atom stereocenters. The summed E-state index contributed by atoms with van der Waals surface area (Å²) in [7, 11) is 3.94. The molecule has 1 unspecified atom stereocenters. The van der Waals surface area contributed by atoms with Gasteiger partial charge in [-0.3, -0.25) is 9.59 Å². The highest BCUT2D eigenvalue weighted by atomic mass is 19.1. The first-order chi connectivity index (χ1) is 13.5. The molecule has 1 aliphatic rings. The van der Waals surface area contributed by atoms with Crippen molar-refractivity contribution in [1.82, 2.24) is 9.80 Å². The molecule has 28 heavy (non-hydrogen) atoms. The maximum Gasteiger partial charge on any atom is 0.290 e. The molecular formula is C22H21FN2O3. The van der Waals surface area contributed by atoms with Crippen molar-refractivity contribution >= 4 is 16.9 Å². The van der Waals surface area contributed by atoms with Crippen LogP contribution in [0.25, 0.3) is 11.0 Å². The molecule has 0 bridgehead atoms. The SMILES string of the molecule is CN(C)CCCN1C(=O)c2oc3ccccc3c(=O)c2C1c1ccc(F)cc1. The van der Waals surface area contributed by atoms with E-state index < -0.39 is 6.04 Å².